The number of hydrogen-bond acceptors (Lipinski definition) is 4. The first-order chi connectivity index (χ1) is 12.6. The number of hydrogen-bond donors (Lipinski definition) is 1. The van der Waals surface area contributed by atoms with Crippen LogP contribution in [-0.4, -0.2) is 41.0 Å². The van der Waals surface area contributed by atoms with E-state index < -0.39 is 0 Å². The van der Waals surface area contributed by atoms with Crippen molar-refractivity contribution >= 4 is 16.6 Å². The molecule has 0 aliphatic carbocycles. The van der Waals surface area contributed by atoms with Crippen molar-refractivity contribution in [2.24, 2.45) is 0 Å². The van der Waals surface area contributed by atoms with Crippen LogP contribution < -0.4 is 5.32 Å². The van der Waals surface area contributed by atoms with E-state index in [1.807, 2.05) is 25.1 Å². The first-order valence-electron chi connectivity index (χ1n) is 9.07. The van der Waals surface area contributed by atoms with E-state index in [1.165, 1.54) is 6.07 Å². The molecule has 0 radical (unpaired) electrons. The summed E-state index contributed by atoms with van der Waals surface area (Å²) in [6.45, 7) is 4.08. The summed E-state index contributed by atoms with van der Waals surface area (Å²) in [7, 11) is 2.16. The second kappa shape index (κ2) is 7.00. The molecular formula is C21H23FN4. The van der Waals surface area contributed by atoms with Crippen LogP contribution in [0.15, 0.2) is 42.7 Å². The van der Waals surface area contributed by atoms with Crippen LogP contribution in [0.2, 0.25) is 0 Å². The summed E-state index contributed by atoms with van der Waals surface area (Å²) >= 11 is 0. The molecule has 0 unspecified atom stereocenters. The molecule has 4 nitrogen and oxygen atoms in total. The van der Waals surface area contributed by atoms with Crippen LogP contribution in [0.5, 0.6) is 0 Å². The van der Waals surface area contributed by atoms with Crippen LogP contribution in [0.3, 0.4) is 0 Å². The second-order valence-electron chi connectivity index (χ2n) is 7.10. The van der Waals surface area contributed by atoms with E-state index in [1.54, 1.807) is 18.5 Å². The quantitative estimate of drug-likeness (QED) is 0.767. The van der Waals surface area contributed by atoms with Crippen LogP contribution >= 0.6 is 0 Å². The normalized spacial score (nSPS) is 16.1. The monoisotopic (exact) mass is 350 g/mol. The van der Waals surface area contributed by atoms with Crippen molar-refractivity contribution in [2.45, 2.75) is 25.8 Å². The van der Waals surface area contributed by atoms with Crippen molar-refractivity contribution in [3.05, 3.63) is 54.1 Å². The van der Waals surface area contributed by atoms with Gasteiger partial charge in [-0.1, -0.05) is 12.1 Å². The third-order valence-electron chi connectivity index (χ3n) is 5.17. The molecule has 5 heteroatoms. The van der Waals surface area contributed by atoms with Gasteiger partial charge in [-0.05, 0) is 63.7 Å². The van der Waals surface area contributed by atoms with E-state index in [2.05, 4.69) is 27.2 Å². The number of likely N-dealkylation sites (tertiary alicyclic amines) is 1. The molecule has 1 aliphatic rings. The number of piperidine rings is 1. The fraction of sp³-hybridized carbons (Fsp3) is 0.333. The number of benzene rings is 1. The predicted octanol–water partition coefficient (Wildman–Crippen LogP) is 4.25. The second-order valence-corrected chi connectivity index (χ2v) is 7.10. The zero-order chi connectivity index (χ0) is 18.1. The summed E-state index contributed by atoms with van der Waals surface area (Å²) in [5.41, 5.74) is 3.87. The molecule has 0 saturated carbocycles. The van der Waals surface area contributed by atoms with Crippen LogP contribution in [0.1, 0.15) is 18.4 Å². The third kappa shape index (κ3) is 3.27. The van der Waals surface area contributed by atoms with Crippen molar-refractivity contribution in [1.29, 1.82) is 0 Å². The molecule has 4 rings (SSSR count). The molecule has 3 heterocycles. The molecule has 1 saturated heterocycles. The minimum absolute atomic E-state index is 0.244. The van der Waals surface area contributed by atoms with Crippen LogP contribution in [0, 0.1) is 12.7 Å². The van der Waals surface area contributed by atoms with Gasteiger partial charge < -0.3 is 10.2 Å². The van der Waals surface area contributed by atoms with Gasteiger partial charge in [0, 0.05) is 28.9 Å². The maximum atomic E-state index is 14.5. The summed E-state index contributed by atoms with van der Waals surface area (Å²) in [6, 6.07) is 9.50. The number of rotatable bonds is 3. The van der Waals surface area contributed by atoms with Crippen molar-refractivity contribution in [3.63, 3.8) is 0 Å². The highest BCUT2D eigenvalue weighted by molar-refractivity contribution is 5.93. The largest absolute Gasteiger partial charge is 0.382 e. The number of aromatic nitrogens is 2. The Labute approximate surface area is 153 Å². The number of halogens is 1. The SMILES string of the molecule is Cc1cccc(F)c1-c1cc(NC2CCN(C)CC2)c2ccncc2n1. The van der Waals surface area contributed by atoms with E-state index in [9.17, 15) is 4.39 Å². The number of nitrogens with one attached hydrogen (secondary N) is 1. The molecule has 3 aromatic rings. The zero-order valence-electron chi connectivity index (χ0n) is 15.2. The van der Waals surface area contributed by atoms with Crippen molar-refractivity contribution in [1.82, 2.24) is 14.9 Å². The molecular weight excluding hydrogens is 327 g/mol. The Hall–Kier alpha value is -2.53. The lowest BCUT2D eigenvalue weighted by Gasteiger charge is -2.30. The predicted molar refractivity (Wildman–Crippen MR) is 104 cm³/mol. The molecule has 0 spiro atoms. The van der Waals surface area contributed by atoms with Gasteiger partial charge in [-0.15, -0.1) is 0 Å². The maximum Gasteiger partial charge on any atom is 0.132 e. The number of nitrogens with zero attached hydrogens (tertiary/aromatic N) is 3. The average molecular weight is 350 g/mol. The van der Waals surface area contributed by atoms with Crippen molar-refractivity contribution in [3.8, 4) is 11.3 Å². The summed E-state index contributed by atoms with van der Waals surface area (Å²) in [5, 5.41) is 4.70. The van der Waals surface area contributed by atoms with Gasteiger partial charge in [-0.3, -0.25) is 4.98 Å². The van der Waals surface area contributed by atoms with Gasteiger partial charge in [0.2, 0.25) is 0 Å². The van der Waals surface area contributed by atoms with Gasteiger partial charge in [0.1, 0.15) is 5.82 Å². The summed E-state index contributed by atoms with van der Waals surface area (Å²) in [4.78, 5) is 11.2. The lowest BCUT2D eigenvalue weighted by Crippen LogP contribution is -2.36. The molecule has 1 aliphatic heterocycles. The van der Waals surface area contributed by atoms with Gasteiger partial charge in [0.05, 0.1) is 17.4 Å². The van der Waals surface area contributed by atoms with Crippen molar-refractivity contribution < 1.29 is 4.39 Å². The molecule has 1 fully saturated rings. The number of anilines is 1. The Bertz CT molecular complexity index is 912. The van der Waals surface area contributed by atoms with E-state index in [4.69, 9.17) is 0 Å². The van der Waals surface area contributed by atoms with E-state index >= 15 is 0 Å². The molecule has 134 valence electrons. The highest BCUT2D eigenvalue weighted by atomic mass is 19.1. The fourth-order valence-corrected chi connectivity index (χ4v) is 3.66. The van der Waals surface area contributed by atoms with Gasteiger partial charge in [0.15, 0.2) is 0 Å². The maximum absolute atomic E-state index is 14.5. The van der Waals surface area contributed by atoms with Gasteiger partial charge in [0.25, 0.3) is 0 Å². The van der Waals surface area contributed by atoms with Crippen LogP contribution in [0.4, 0.5) is 10.1 Å². The first-order valence-corrected chi connectivity index (χ1v) is 9.07. The Morgan fingerprint density at radius 1 is 1.19 bits per heavy atom. The molecule has 2 aromatic heterocycles. The number of aryl methyl sites for hydroxylation is 1. The Morgan fingerprint density at radius 3 is 2.77 bits per heavy atom. The van der Waals surface area contributed by atoms with Gasteiger partial charge in [-0.2, -0.15) is 0 Å². The molecule has 1 N–H and O–H groups in total. The Kier molecular flexibility index (Phi) is 4.55. The summed E-state index contributed by atoms with van der Waals surface area (Å²) in [5.74, 6) is -0.244. The number of pyridine rings is 2. The highest BCUT2D eigenvalue weighted by Crippen LogP contribution is 2.32. The lowest BCUT2D eigenvalue weighted by atomic mass is 10.0. The van der Waals surface area contributed by atoms with Gasteiger partial charge in [-0.25, -0.2) is 9.37 Å². The minimum atomic E-state index is -0.244. The molecule has 0 amide bonds. The van der Waals surface area contributed by atoms with Crippen LogP contribution in [-0.2, 0) is 0 Å². The highest BCUT2D eigenvalue weighted by Gasteiger charge is 2.19. The van der Waals surface area contributed by atoms with Crippen LogP contribution in [0.25, 0.3) is 22.2 Å². The first kappa shape index (κ1) is 16.9. The summed E-state index contributed by atoms with van der Waals surface area (Å²) in [6.07, 6.45) is 5.71. The Morgan fingerprint density at radius 2 is 2.00 bits per heavy atom. The van der Waals surface area contributed by atoms with E-state index in [0.717, 1.165) is 48.1 Å². The Balaban J connectivity index is 1.79. The third-order valence-corrected chi connectivity index (χ3v) is 5.17. The molecule has 0 bridgehead atoms. The fourth-order valence-electron chi connectivity index (χ4n) is 3.66. The topological polar surface area (TPSA) is 41.0 Å². The average Bonchev–Trinajstić information content (AvgIpc) is 2.63. The zero-order valence-corrected chi connectivity index (χ0v) is 15.2. The van der Waals surface area contributed by atoms with E-state index in [0.29, 0.717) is 17.3 Å². The molecule has 26 heavy (non-hydrogen) atoms. The van der Waals surface area contributed by atoms with Crippen molar-refractivity contribution in [2.75, 3.05) is 25.5 Å². The standard InChI is InChI=1S/C21H23FN4/c1-14-4-3-5-17(22)21(14)19-12-18(16-6-9-23-13-20(16)25-19)24-15-7-10-26(2)11-8-15/h3-6,9,12-13,15H,7-8,10-11H2,1-2H3,(H,24,25). The number of fused-ring (bicyclic) bond motifs is 1. The lowest BCUT2D eigenvalue weighted by molar-refractivity contribution is 0.264. The minimum Gasteiger partial charge on any atom is -0.382 e. The van der Waals surface area contributed by atoms with E-state index in [-0.39, 0.29) is 5.82 Å². The smallest absolute Gasteiger partial charge is 0.132 e. The molecule has 0 atom stereocenters. The molecule has 1 aromatic carbocycles. The summed E-state index contributed by atoms with van der Waals surface area (Å²) < 4.78 is 14.5. The van der Waals surface area contributed by atoms with Gasteiger partial charge >= 0.3 is 0 Å².